The van der Waals surface area contributed by atoms with Gasteiger partial charge in [0.15, 0.2) is 16.8 Å². The van der Waals surface area contributed by atoms with Gasteiger partial charge in [0.1, 0.15) is 5.75 Å². The van der Waals surface area contributed by atoms with Gasteiger partial charge in [-0.2, -0.15) is 5.10 Å². The first kappa shape index (κ1) is 21.0. The molecule has 1 N–H and O–H groups in total. The van der Waals surface area contributed by atoms with Crippen molar-refractivity contribution in [2.75, 3.05) is 30.4 Å². The lowest BCUT2D eigenvalue weighted by molar-refractivity contribution is 0.414. The van der Waals surface area contributed by atoms with E-state index in [1.54, 1.807) is 18.4 Å². The maximum absolute atomic E-state index is 13.2. The number of nitrogens with zero attached hydrogens (tertiary/aromatic N) is 6. The summed E-state index contributed by atoms with van der Waals surface area (Å²) in [7, 11) is 1.67. The van der Waals surface area contributed by atoms with Crippen molar-refractivity contribution in [3.63, 3.8) is 0 Å². The van der Waals surface area contributed by atoms with Gasteiger partial charge in [0.2, 0.25) is 5.95 Å². The van der Waals surface area contributed by atoms with Crippen LogP contribution >= 0.6 is 11.3 Å². The Morgan fingerprint density at radius 3 is 2.71 bits per heavy atom. The number of thiazole rings is 1. The smallest absolute Gasteiger partial charge is 0.229 e. The van der Waals surface area contributed by atoms with Gasteiger partial charge < -0.3 is 15.0 Å². The maximum atomic E-state index is 13.2. The van der Waals surface area contributed by atoms with E-state index in [9.17, 15) is 4.39 Å². The standard InChI is InChI=1S/C24H24FN7OS/c1-33-18-6-4-16(5-7-18)13-32-14-19-21-20(8-9-31(22(19)30-32)12-15-2-3-15)34-24(28-21)29-23-26-10-17(25)11-27-23/h4-7,10-11,14-15H,2-3,8-9,12-13H2,1H3,(H,26,27,28,29). The van der Waals surface area contributed by atoms with Gasteiger partial charge in [-0.3, -0.25) is 4.68 Å². The molecule has 1 aromatic carbocycles. The third-order valence-electron chi connectivity index (χ3n) is 6.12. The van der Waals surface area contributed by atoms with Crippen molar-refractivity contribution < 1.29 is 9.13 Å². The molecule has 0 unspecified atom stereocenters. The van der Waals surface area contributed by atoms with Crippen LogP contribution in [0.5, 0.6) is 5.75 Å². The Labute approximate surface area is 200 Å². The van der Waals surface area contributed by atoms with Crippen LogP contribution in [0.15, 0.2) is 42.9 Å². The van der Waals surface area contributed by atoms with Crippen molar-refractivity contribution in [2.45, 2.75) is 25.8 Å². The van der Waals surface area contributed by atoms with E-state index in [2.05, 4.69) is 38.5 Å². The Balaban J connectivity index is 1.32. The Bertz CT molecular complexity index is 1300. The first-order chi connectivity index (χ1) is 16.6. The summed E-state index contributed by atoms with van der Waals surface area (Å²) in [5.74, 6) is 2.46. The van der Waals surface area contributed by atoms with Crippen LogP contribution in [0.4, 0.5) is 21.3 Å². The van der Waals surface area contributed by atoms with Crippen LogP contribution in [0, 0.1) is 11.7 Å². The van der Waals surface area contributed by atoms with Crippen molar-refractivity contribution in [1.82, 2.24) is 24.7 Å². The zero-order valence-corrected chi connectivity index (χ0v) is 19.6. The lowest BCUT2D eigenvalue weighted by Gasteiger charge is -2.21. The molecule has 0 amide bonds. The average molecular weight is 478 g/mol. The van der Waals surface area contributed by atoms with Crippen LogP contribution in [-0.4, -0.2) is 44.9 Å². The van der Waals surface area contributed by atoms with Crippen LogP contribution in [0.25, 0.3) is 11.3 Å². The van der Waals surface area contributed by atoms with Crippen molar-refractivity contribution in [1.29, 1.82) is 0 Å². The third-order valence-corrected chi connectivity index (χ3v) is 7.15. The van der Waals surface area contributed by atoms with E-state index >= 15 is 0 Å². The molecule has 10 heteroatoms. The maximum Gasteiger partial charge on any atom is 0.229 e. The van der Waals surface area contributed by atoms with Gasteiger partial charge in [-0.15, -0.1) is 11.3 Å². The molecule has 4 heterocycles. The van der Waals surface area contributed by atoms with Crippen molar-refractivity contribution >= 4 is 28.2 Å². The Hall–Kier alpha value is -3.53. The van der Waals surface area contributed by atoms with Gasteiger partial charge in [-0.1, -0.05) is 12.1 Å². The number of fused-ring (bicyclic) bond motifs is 3. The number of anilines is 3. The van der Waals surface area contributed by atoms with E-state index in [1.807, 2.05) is 16.8 Å². The van der Waals surface area contributed by atoms with Gasteiger partial charge in [-0.05, 0) is 36.5 Å². The third kappa shape index (κ3) is 4.33. The molecule has 174 valence electrons. The molecule has 0 bridgehead atoms. The number of rotatable bonds is 7. The van der Waals surface area contributed by atoms with Crippen molar-refractivity contribution in [2.24, 2.45) is 5.92 Å². The summed E-state index contributed by atoms with van der Waals surface area (Å²) in [5.41, 5.74) is 3.15. The summed E-state index contributed by atoms with van der Waals surface area (Å²) in [6.45, 7) is 2.61. The second-order valence-electron chi connectivity index (χ2n) is 8.69. The fourth-order valence-electron chi connectivity index (χ4n) is 4.20. The number of ether oxygens (including phenoxy) is 1. The quantitative estimate of drug-likeness (QED) is 0.419. The highest BCUT2D eigenvalue weighted by atomic mass is 32.1. The van der Waals surface area contributed by atoms with E-state index in [0.717, 1.165) is 66.2 Å². The highest BCUT2D eigenvalue weighted by Gasteiger charge is 2.31. The summed E-state index contributed by atoms with van der Waals surface area (Å²) in [5, 5.41) is 8.81. The predicted molar refractivity (Wildman–Crippen MR) is 129 cm³/mol. The molecule has 2 aliphatic rings. The van der Waals surface area contributed by atoms with Gasteiger partial charge >= 0.3 is 0 Å². The fourth-order valence-corrected chi connectivity index (χ4v) is 5.16. The molecule has 4 aromatic rings. The molecule has 1 saturated carbocycles. The Kier molecular flexibility index (Phi) is 5.37. The molecule has 0 saturated heterocycles. The fraction of sp³-hybridized carbons (Fsp3) is 0.333. The number of aromatic nitrogens is 5. The number of nitrogens with one attached hydrogen (secondary N) is 1. The minimum Gasteiger partial charge on any atom is -0.497 e. The van der Waals surface area contributed by atoms with Crippen molar-refractivity contribution in [3.05, 3.63) is 59.1 Å². The number of hydrogen-bond acceptors (Lipinski definition) is 8. The van der Waals surface area contributed by atoms with Gasteiger partial charge in [0.25, 0.3) is 0 Å². The monoisotopic (exact) mass is 477 g/mol. The number of hydrogen-bond donors (Lipinski definition) is 1. The summed E-state index contributed by atoms with van der Waals surface area (Å²) in [4.78, 5) is 16.5. The van der Waals surface area contributed by atoms with Gasteiger partial charge in [0.05, 0.1) is 37.3 Å². The molecule has 3 aromatic heterocycles. The predicted octanol–water partition coefficient (Wildman–Crippen LogP) is 4.51. The first-order valence-corrected chi connectivity index (χ1v) is 12.2. The molecule has 0 radical (unpaired) electrons. The summed E-state index contributed by atoms with van der Waals surface area (Å²) < 4.78 is 20.4. The number of halogens is 1. The molecule has 1 fully saturated rings. The number of methoxy groups -OCH3 is 1. The normalized spacial score (nSPS) is 14.9. The zero-order chi connectivity index (χ0) is 23.1. The van der Waals surface area contributed by atoms with Crippen LogP contribution in [0.1, 0.15) is 23.3 Å². The minimum absolute atomic E-state index is 0.330. The van der Waals surface area contributed by atoms with Crippen LogP contribution < -0.4 is 15.0 Å². The highest BCUT2D eigenvalue weighted by molar-refractivity contribution is 7.16. The molecule has 0 atom stereocenters. The SMILES string of the molecule is COc1ccc(Cn2cc3c(n2)N(CC2CC2)CCc2sc(Nc4ncc(F)cn4)nc2-3)cc1. The molecule has 0 spiro atoms. The molecular weight excluding hydrogens is 453 g/mol. The lowest BCUT2D eigenvalue weighted by Crippen LogP contribution is -2.28. The topological polar surface area (TPSA) is 81.0 Å². The average Bonchev–Trinajstić information content (AvgIpc) is 3.47. The zero-order valence-electron chi connectivity index (χ0n) is 18.7. The van der Waals surface area contributed by atoms with E-state index in [4.69, 9.17) is 14.8 Å². The lowest BCUT2D eigenvalue weighted by atomic mass is 10.2. The highest BCUT2D eigenvalue weighted by Crippen LogP contribution is 2.41. The van der Waals surface area contributed by atoms with Gasteiger partial charge in [0, 0.05) is 30.6 Å². The molecule has 8 nitrogen and oxygen atoms in total. The van der Waals surface area contributed by atoms with Crippen LogP contribution in [-0.2, 0) is 13.0 Å². The van der Waals surface area contributed by atoms with E-state index in [-0.39, 0.29) is 0 Å². The van der Waals surface area contributed by atoms with Crippen LogP contribution in [0.2, 0.25) is 0 Å². The van der Waals surface area contributed by atoms with Crippen LogP contribution in [0.3, 0.4) is 0 Å². The number of benzene rings is 1. The molecule has 1 aliphatic heterocycles. The van der Waals surface area contributed by atoms with E-state index in [1.165, 1.54) is 17.7 Å². The Morgan fingerprint density at radius 2 is 1.97 bits per heavy atom. The largest absolute Gasteiger partial charge is 0.497 e. The first-order valence-electron chi connectivity index (χ1n) is 11.3. The second kappa shape index (κ2) is 8.68. The molecule has 1 aliphatic carbocycles. The molecule has 34 heavy (non-hydrogen) atoms. The minimum atomic E-state index is -0.467. The second-order valence-corrected chi connectivity index (χ2v) is 9.78. The summed E-state index contributed by atoms with van der Waals surface area (Å²) in [6, 6.07) is 8.06. The van der Waals surface area contributed by atoms with E-state index in [0.29, 0.717) is 17.6 Å². The molecule has 6 rings (SSSR count). The molecular formula is C24H24FN7OS. The van der Waals surface area contributed by atoms with Gasteiger partial charge in [-0.25, -0.2) is 19.3 Å². The summed E-state index contributed by atoms with van der Waals surface area (Å²) >= 11 is 1.59. The van der Waals surface area contributed by atoms with Crippen molar-refractivity contribution in [3.8, 4) is 17.0 Å². The summed E-state index contributed by atoms with van der Waals surface area (Å²) in [6.07, 6.45) is 7.88. The van der Waals surface area contributed by atoms with E-state index < -0.39 is 5.82 Å². The Morgan fingerprint density at radius 1 is 1.18 bits per heavy atom.